The highest BCUT2D eigenvalue weighted by Gasteiger charge is 1.81. The molecule has 4 nitrogen and oxygen atoms in total. The smallest absolute Gasteiger partial charge is 0.317 e. The van der Waals surface area contributed by atoms with Crippen LogP contribution in [0.1, 0.15) is 0 Å². The van der Waals surface area contributed by atoms with Gasteiger partial charge in [-0.25, -0.2) is 0 Å². The summed E-state index contributed by atoms with van der Waals surface area (Å²) in [6.07, 6.45) is 0. The van der Waals surface area contributed by atoms with E-state index in [-0.39, 0.29) is 10.9 Å². The van der Waals surface area contributed by atoms with Crippen molar-refractivity contribution in [1.29, 1.82) is 0 Å². The first-order valence-electron chi connectivity index (χ1n) is 1.91. The minimum absolute atomic E-state index is 0.194. The van der Waals surface area contributed by atoms with Crippen LogP contribution in [0.25, 0.3) is 0 Å². The number of nitrogens with two attached hydrogens (primary N) is 2. The third-order valence-electron chi connectivity index (χ3n) is 0.175. The largest absolute Gasteiger partial charge is 0.480 e. The molecule has 0 saturated carbocycles. The van der Waals surface area contributed by atoms with Crippen molar-refractivity contribution < 1.29 is 9.90 Å². The topological polar surface area (TPSA) is 89.3 Å². The normalized spacial score (nSPS) is 6.89. The third kappa shape index (κ3) is 88.4. The van der Waals surface area contributed by atoms with Gasteiger partial charge in [0.15, 0.2) is 0 Å². The lowest BCUT2D eigenvalue weighted by Gasteiger charge is -1.73. The van der Waals surface area contributed by atoms with Gasteiger partial charge in [-0.15, -0.1) is 12.6 Å². The summed E-state index contributed by atoms with van der Waals surface area (Å²) < 4.78 is 0.194. The number of thiocarbonyl (C=S) groups is 1. The Bertz CT molecular complexity index is 102. The van der Waals surface area contributed by atoms with Gasteiger partial charge in [0.25, 0.3) is 0 Å². The number of thiol groups is 1. The average Bonchev–Trinajstić information content (AvgIpc) is 1.65. The minimum atomic E-state index is -0.968. The molecule has 0 aromatic heterocycles. The molecule has 0 fully saturated rings. The molecule has 0 aromatic rings. The fourth-order valence-corrected chi connectivity index (χ4v) is 0. The highest BCUT2D eigenvalue weighted by Crippen LogP contribution is 1.63. The molecule has 0 aliphatic rings. The van der Waals surface area contributed by atoms with Crippen molar-refractivity contribution >= 4 is 35.1 Å². The third-order valence-corrected chi connectivity index (χ3v) is 0.175. The van der Waals surface area contributed by atoms with Crippen molar-refractivity contribution in [2.24, 2.45) is 11.5 Å². The molecule has 5 N–H and O–H groups in total. The van der Waals surface area contributed by atoms with Crippen LogP contribution in [-0.4, -0.2) is 21.9 Å². The summed E-state index contributed by atoms with van der Waals surface area (Å²) in [5.74, 6) is -0.968. The Labute approximate surface area is 63.6 Å². The predicted molar refractivity (Wildman–Crippen MR) is 42.5 cm³/mol. The van der Waals surface area contributed by atoms with E-state index < -0.39 is 5.97 Å². The van der Waals surface area contributed by atoms with Crippen molar-refractivity contribution in [2.45, 2.75) is 0 Å². The SMILES string of the molecule is NC(=S)S.NCC(=O)O. The lowest BCUT2D eigenvalue weighted by atomic mass is 10.7. The van der Waals surface area contributed by atoms with Crippen LogP contribution < -0.4 is 11.5 Å². The molecule has 0 atom stereocenters. The van der Waals surface area contributed by atoms with Gasteiger partial charge in [-0.05, 0) is 0 Å². The molecule has 9 heavy (non-hydrogen) atoms. The molecule has 0 aromatic carbocycles. The molecule has 0 aliphatic heterocycles. The van der Waals surface area contributed by atoms with E-state index in [1.54, 1.807) is 0 Å². The lowest BCUT2D eigenvalue weighted by Crippen LogP contribution is -2.10. The second kappa shape index (κ2) is 7.67. The maximum absolute atomic E-state index is 9.24. The Morgan fingerprint density at radius 2 is 1.89 bits per heavy atom. The van der Waals surface area contributed by atoms with Gasteiger partial charge in [-0.2, -0.15) is 0 Å². The van der Waals surface area contributed by atoms with Crippen LogP contribution in [-0.2, 0) is 4.79 Å². The summed E-state index contributed by atoms with van der Waals surface area (Å²) in [5.41, 5.74) is 9.28. The van der Waals surface area contributed by atoms with Gasteiger partial charge in [-0.1, -0.05) is 12.2 Å². The highest BCUT2D eigenvalue weighted by atomic mass is 32.1. The molecular weight excluding hydrogens is 160 g/mol. The van der Waals surface area contributed by atoms with Gasteiger partial charge in [0.2, 0.25) is 0 Å². The van der Waals surface area contributed by atoms with Gasteiger partial charge in [0, 0.05) is 0 Å². The van der Waals surface area contributed by atoms with Crippen LogP contribution in [0, 0.1) is 0 Å². The van der Waals surface area contributed by atoms with E-state index in [1.165, 1.54) is 0 Å². The minimum Gasteiger partial charge on any atom is -0.480 e. The molecule has 0 rings (SSSR count). The van der Waals surface area contributed by atoms with Crippen molar-refractivity contribution in [3.05, 3.63) is 0 Å². The number of hydrogen-bond acceptors (Lipinski definition) is 3. The van der Waals surface area contributed by atoms with E-state index in [9.17, 15) is 4.79 Å². The quantitative estimate of drug-likeness (QED) is 0.304. The first kappa shape index (κ1) is 11.5. The Morgan fingerprint density at radius 1 is 1.78 bits per heavy atom. The van der Waals surface area contributed by atoms with Gasteiger partial charge in [-0.3, -0.25) is 4.79 Å². The summed E-state index contributed by atoms with van der Waals surface area (Å²) in [6.45, 7) is -0.278. The van der Waals surface area contributed by atoms with Crippen LogP contribution in [0.3, 0.4) is 0 Å². The van der Waals surface area contributed by atoms with Crippen LogP contribution in [0.5, 0.6) is 0 Å². The van der Waals surface area contributed by atoms with E-state index in [1.807, 2.05) is 0 Å². The number of aliphatic carboxylic acids is 1. The molecule has 0 aliphatic carbocycles. The zero-order valence-electron chi connectivity index (χ0n) is 4.57. The summed E-state index contributed by atoms with van der Waals surface area (Å²) in [7, 11) is 0. The fraction of sp³-hybridized carbons (Fsp3) is 0.333. The van der Waals surface area contributed by atoms with Crippen molar-refractivity contribution in [2.75, 3.05) is 6.54 Å². The lowest BCUT2D eigenvalue weighted by molar-refractivity contribution is -0.135. The van der Waals surface area contributed by atoms with Crippen molar-refractivity contribution in [3.63, 3.8) is 0 Å². The van der Waals surface area contributed by atoms with Gasteiger partial charge in [0.05, 0.1) is 6.54 Å². The molecule has 0 amide bonds. The first-order chi connectivity index (χ1) is 4.00. The number of hydrogen-bond donors (Lipinski definition) is 4. The van der Waals surface area contributed by atoms with E-state index in [4.69, 9.17) is 10.8 Å². The van der Waals surface area contributed by atoms with Crippen LogP contribution >= 0.6 is 24.8 Å². The molecule has 6 heteroatoms. The second-order valence-corrected chi connectivity index (χ2v) is 2.16. The molecule has 0 spiro atoms. The Balaban J connectivity index is 0. The van der Waals surface area contributed by atoms with E-state index in [2.05, 4.69) is 30.6 Å². The van der Waals surface area contributed by atoms with Crippen molar-refractivity contribution in [3.8, 4) is 0 Å². The number of carboxylic acids is 1. The monoisotopic (exact) mass is 168 g/mol. The zero-order chi connectivity index (χ0) is 7.86. The average molecular weight is 168 g/mol. The molecule has 0 unspecified atom stereocenters. The van der Waals surface area contributed by atoms with Crippen LogP contribution in [0.4, 0.5) is 0 Å². The highest BCUT2D eigenvalue weighted by molar-refractivity contribution is 8.10. The summed E-state index contributed by atoms with van der Waals surface area (Å²) in [5, 5.41) is 7.60. The Hall–Kier alpha value is -0.330. The molecule has 0 bridgehead atoms. The number of rotatable bonds is 1. The van der Waals surface area contributed by atoms with E-state index in [0.29, 0.717) is 0 Å². The second-order valence-electron chi connectivity index (χ2n) is 0.936. The van der Waals surface area contributed by atoms with E-state index >= 15 is 0 Å². The van der Waals surface area contributed by atoms with Gasteiger partial charge in [0.1, 0.15) is 4.32 Å². The number of carboxylic acid groups (broad SMARTS) is 1. The maximum atomic E-state index is 9.24. The molecule has 0 heterocycles. The Morgan fingerprint density at radius 3 is 1.89 bits per heavy atom. The predicted octanol–water partition coefficient (Wildman–Crippen LogP) is -0.811. The first-order valence-corrected chi connectivity index (χ1v) is 2.76. The molecule has 0 radical (unpaired) electrons. The standard InChI is InChI=1S/C2H5NO2.CH3NS2/c3-1-2(4)5;2-1(3)4/h1,3H2,(H,4,5);(H3,2,3,4). The zero-order valence-corrected chi connectivity index (χ0v) is 6.28. The van der Waals surface area contributed by atoms with Crippen molar-refractivity contribution in [1.82, 2.24) is 0 Å². The van der Waals surface area contributed by atoms with Crippen LogP contribution in [0.15, 0.2) is 0 Å². The number of carbonyl (C=O) groups is 1. The summed E-state index contributed by atoms with van der Waals surface area (Å²) >= 11 is 7.65. The van der Waals surface area contributed by atoms with Gasteiger partial charge >= 0.3 is 5.97 Å². The molecular formula is C3H8N2O2S2. The summed E-state index contributed by atoms with van der Waals surface area (Å²) in [6, 6.07) is 0. The van der Waals surface area contributed by atoms with E-state index in [0.717, 1.165) is 0 Å². The Kier molecular flexibility index (Phi) is 9.77. The van der Waals surface area contributed by atoms with Gasteiger partial charge < -0.3 is 16.6 Å². The fourth-order valence-electron chi connectivity index (χ4n) is 0. The maximum Gasteiger partial charge on any atom is 0.317 e. The van der Waals surface area contributed by atoms with Crippen LogP contribution in [0.2, 0.25) is 0 Å². The summed E-state index contributed by atoms with van der Waals surface area (Å²) in [4.78, 5) is 9.24. The molecule has 0 saturated heterocycles. The molecule has 54 valence electrons.